The monoisotopic (exact) mass is 364 g/mol. The fourth-order valence-corrected chi connectivity index (χ4v) is 3.65. The average Bonchev–Trinajstić information content (AvgIpc) is 2.76. The van der Waals surface area contributed by atoms with E-state index in [1.165, 1.54) is 9.30 Å². The predicted octanol–water partition coefficient (Wildman–Crippen LogP) is 2.55. The molecule has 1 saturated heterocycles. The molecular formula is C12H17IN2OS. The van der Waals surface area contributed by atoms with Crippen LogP contribution in [-0.2, 0) is 0 Å². The molecule has 2 rings (SSSR count). The van der Waals surface area contributed by atoms with Crippen molar-refractivity contribution < 1.29 is 4.79 Å². The van der Waals surface area contributed by atoms with Gasteiger partial charge in [-0.2, -0.15) is 0 Å². The van der Waals surface area contributed by atoms with E-state index in [9.17, 15) is 4.79 Å². The fraction of sp³-hybridized carbons (Fsp3) is 0.583. The summed E-state index contributed by atoms with van der Waals surface area (Å²) in [6, 6.07) is 1.97. The maximum absolute atomic E-state index is 12.3. The Bertz CT molecular complexity index is 392. The highest BCUT2D eigenvalue weighted by atomic mass is 127. The van der Waals surface area contributed by atoms with Crippen LogP contribution in [0.3, 0.4) is 0 Å². The van der Waals surface area contributed by atoms with Crippen LogP contribution in [0.5, 0.6) is 0 Å². The Kier molecular flexibility index (Phi) is 4.81. The number of hydrogen-bond donors (Lipinski definition) is 1. The highest BCUT2D eigenvalue weighted by Crippen LogP contribution is 2.23. The number of hydrogen-bond acceptors (Lipinski definition) is 3. The van der Waals surface area contributed by atoms with Crippen LogP contribution >= 0.6 is 33.9 Å². The van der Waals surface area contributed by atoms with E-state index in [2.05, 4.69) is 22.6 Å². The van der Waals surface area contributed by atoms with Gasteiger partial charge in [0.15, 0.2) is 0 Å². The van der Waals surface area contributed by atoms with Gasteiger partial charge in [0.1, 0.15) is 0 Å². The zero-order valence-corrected chi connectivity index (χ0v) is 12.7. The van der Waals surface area contributed by atoms with Gasteiger partial charge in [0, 0.05) is 18.5 Å². The minimum absolute atomic E-state index is 0.186. The molecule has 0 bridgehead atoms. The minimum Gasteiger partial charge on any atom is -0.338 e. The van der Waals surface area contributed by atoms with E-state index < -0.39 is 0 Å². The predicted molar refractivity (Wildman–Crippen MR) is 79.3 cm³/mol. The first-order valence-corrected chi connectivity index (χ1v) is 7.90. The average molecular weight is 364 g/mol. The molecule has 0 aromatic carbocycles. The normalized spacial score (nSPS) is 20.6. The van der Waals surface area contributed by atoms with Gasteiger partial charge in [-0.25, -0.2) is 0 Å². The summed E-state index contributed by atoms with van der Waals surface area (Å²) >= 11 is 3.88. The third-order valence-corrected chi connectivity index (χ3v) is 4.98. The molecule has 1 atom stereocenters. The second kappa shape index (κ2) is 6.15. The number of likely N-dealkylation sites (tertiary alicyclic amines) is 1. The first-order valence-electron chi connectivity index (χ1n) is 5.94. The number of piperidine rings is 1. The van der Waals surface area contributed by atoms with Crippen molar-refractivity contribution >= 4 is 39.8 Å². The summed E-state index contributed by atoms with van der Waals surface area (Å²) in [5.74, 6) is 0.779. The van der Waals surface area contributed by atoms with Gasteiger partial charge in [0.2, 0.25) is 0 Å². The van der Waals surface area contributed by atoms with Crippen LogP contribution in [-0.4, -0.2) is 30.4 Å². The summed E-state index contributed by atoms with van der Waals surface area (Å²) in [6.07, 6.45) is 3.35. The van der Waals surface area contributed by atoms with Crippen LogP contribution in [0.2, 0.25) is 0 Å². The van der Waals surface area contributed by atoms with Crippen molar-refractivity contribution in [1.82, 2.24) is 4.90 Å². The first kappa shape index (κ1) is 13.3. The van der Waals surface area contributed by atoms with Crippen molar-refractivity contribution in [2.75, 3.05) is 19.6 Å². The maximum atomic E-state index is 12.3. The summed E-state index contributed by atoms with van der Waals surface area (Å²) in [7, 11) is 0. The van der Waals surface area contributed by atoms with Crippen molar-refractivity contribution in [3.05, 3.63) is 19.9 Å². The molecule has 1 unspecified atom stereocenters. The third-order valence-electron chi connectivity index (χ3n) is 3.20. The Morgan fingerprint density at radius 2 is 2.47 bits per heavy atom. The molecule has 0 aliphatic carbocycles. The maximum Gasteiger partial charge on any atom is 0.254 e. The Morgan fingerprint density at radius 1 is 1.65 bits per heavy atom. The van der Waals surface area contributed by atoms with Crippen LogP contribution in [0.4, 0.5) is 0 Å². The van der Waals surface area contributed by atoms with E-state index in [1.807, 2.05) is 16.3 Å². The van der Waals surface area contributed by atoms with Crippen molar-refractivity contribution in [2.24, 2.45) is 11.7 Å². The Labute approximate surface area is 120 Å². The van der Waals surface area contributed by atoms with Gasteiger partial charge in [-0.05, 0) is 60.4 Å². The van der Waals surface area contributed by atoms with Gasteiger partial charge in [0.25, 0.3) is 5.91 Å². The molecule has 2 heterocycles. The molecule has 0 spiro atoms. The summed E-state index contributed by atoms with van der Waals surface area (Å²) in [4.78, 5) is 14.2. The molecule has 0 saturated carbocycles. The lowest BCUT2D eigenvalue weighted by molar-refractivity contribution is 0.0670. The minimum atomic E-state index is 0.186. The summed E-state index contributed by atoms with van der Waals surface area (Å²) in [6.45, 7) is 2.50. The van der Waals surface area contributed by atoms with Gasteiger partial charge in [0.05, 0.1) is 8.45 Å². The van der Waals surface area contributed by atoms with E-state index in [4.69, 9.17) is 5.73 Å². The molecule has 2 N–H and O–H groups in total. The number of carbonyl (C=O) groups excluding carboxylic acids is 1. The van der Waals surface area contributed by atoms with E-state index >= 15 is 0 Å². The molecule has 1 aliphatic rings. The van der Waals surface area contributed by atoms with Crippen molar-refractivity contribution in [3.8, 4) is 0 Å². The van der Waals surface area contributed by atoms with Gasteiger partial charge in [-0.3, -0.25) is 4.79 Å². The SMILES string of the molecule is NCCC1CCCN(C(=O)c2csc(I)c2)C1. The summed E-state index contributed by atoms with van der Waals surface area (Å²) in [5, 5.41) is 1.96. The van der Waals surface area contributed by atoms with Crippen molar-refractivity contribution in [1.29, 1.82) is 0 Å². The van der Waals surface area contributed by atoms with Gasteiger partial charge in [-0.1, -0.05) is 0 Å². The molecule has 1 aromatic heterocycles. The van der Waals surface area contributed by atoms with Gasteiger partial charge < -0.3 is 10.6 Å². The molecule has 94 valence electrons. The lowest BCUT2D eigenvalue weighted by Gasteiger charge is -2.32. The highest BCUT2D eigenvalue weighted by Gasteiger charge is 2.24. The van der Waals surface area contributed by atoms with Crippen LogP contribution in [0.15, 0.2) is 11.4 Å². The smallest absolute Gasteiger partial charge is 0.254 e. The molecule has 5 heteroatoms. The lowest BCUT2D eigenvalue weighted by Crippen LogP contribution is -2.40. The van der Waals surface area contributed by atoms with Crippen LogP contribution in [0, 0.1) is 8.80 Å². The molecule has 1 fully saturated rings. The summed E-state index contributed by atoms with van der Waals surface area (Å²) in [5.41, 5.74) is 6.43. The van der Waals surface area contributed by atoms with Crippen LogP contribution < -0.4 is 5.73 Å². The largest absolute Gasteiger partial charge is 0.338 e. The standard InChI is InChI=1S/C12H17IN2OS/c13-11-6-10(8-17-11)12(16)15-5-1-2-9(7-15)3-4-14/h6,8-9H,1-5,7,14H2. The number of halogens is 1. The molecule has 1 amide bonds. The number of thiophene rings is 1. The van der Waals surface area contributed by atoms with Crippen molar-refractivity contribution in [3.63, 3.8) is 0 Å². The van der Waals surface area contributed by atoms with E-state index in [0.717, 1.165) is 38.0 Å². The third kappa shape index (κ3) is 3.42. The van der Waals surface area contributed by atoms with Crippen LogP contribution in [0.1, 0.15) is 29.6 Å². The summed E-state index contributed by atoms with van der Waals surface area (Å²) < 4.78 is 1.17. The molecule has 1 aliphatic heterocycles. The Morgan fingerprint density at radius 3 is 3.12 bits per heavy atom. The molecular weight excluding hydrogens is 347 g/mol. The second-order valence-corrected chi connectivity index (χ2v) is 7.28. The Balaban J connectivity index is 1.99. The van der Waals surface area contributed by atoms with E-state index in [0.29, 0.717) is 5.92 Å². The van der Waals surface area contributed by atoms with E-state index in [-0.39, 0.29) is 5.91 Å². The zero-order valence-electron chi connectivity index (χ0n) is 9.69. The number of amides is 1. The molecule has 17 heavy (non-hydrogen) atoms. The quantitative estimate of drug-likeness (QED) is 0.838. The molecule has 3 nitrogen and oxygen atoms in total. The van der Waals surface area contributed by atoms with E-state index in [1.54, 1.807) is 11.3 Å². The molecule has 0 radical (unpaired) electrons. The van der Waals surface area contributed by atoms with Gasteiger partial charge in [-0.15, -0.1) is 11.3 Å². The topological polar surface area (TPSA) is 46.3 Å². The number of nitrogens with zero attached hydrogens (tertiary/aromatic N) is 1. The second-order valence-electron chi connectivity index (χ2n) is 4.48. The van der Waals surface area contributed by atoms with Gasteiger partial charge >= 0.3 is 0 Å². The lowest BCUT2D eigenvalue weighted by atomic mass is 9.94. The van der Waals surface area contributed by atoms with Crippen LogP contribution in [0.25, 0.3) is 0 Å². The zero-order chi connectivity index (χ0) is 12.3. The fourth-order valence-electron chi connectivity index (χ4n) is 2.33. The van der Waals surface area contributed by atoms with Crippen molar-refractivity contribution in [2.45, 2.75) is 19.3 Å². The molecule has 1 aromatic rings. The number of nitrogens with two attached hydrogens (primary N) is 1. The Hall–Kier alpha value is -0.140. The number of rotatable bonds is 3. The highest BCUT2D eigenvalue weighted by molar-refractivity contribution is 14.1. The first-order chi connectivity index (χ1) is 8.20. The number of carbonyl (C=O) groups is 1.